The van der Waals surface area contributed by atoms with Crippen molar-refractivity contribution in [2.24, 2.45) is 0 Å². The van der Waals surface area contributed by atoms with Gasteiger partial charge in [-0.1, -0.05) is 19.6 Å². The Morgan fingerprint density at radius 3 is 1.76 bits per heavy atom. The first-order chi connectivity index (χ1) is 29.0. The van der Waals surface area contributed by atoms with Crippen LogP contribution >= 0.6 is 11.6 Å². The number of aromatic hydroxyl groups is 3. The molecule has 4 aromatic heterocycles. The molecule has 0 aliphatic carbocycles. The standard InChI is InChI=1S/C19H18FN3O3.C12H14ClN3.C7H5FO3.CH4/c1-12(2)23-16(5-7-22-23)19-13(4-3-6-21-19)11-26-18-9-14(20)8-17(25)15(18)10-24;1-9(2)16-11(5-7-15-16)12-10(8-13)4-3-6-14-12;8-4-1-6(10)5(3-9)7(11)2-4;/h3-10,12,25H,11H2,1-2H3;3-7,9H,8H2,1-2H3;1-3,10-11H;1H4/i1D3,2D3;1D3;;. The van der Waals surface area contributed by atoms with Gasteiger partial charge in [-0.05, 0) is 57.3 Å². The summed E-state index contributed by atoms with van der Waals surface area (Å²) in [7, 11) is 0. The highest BCUT2D eigenvalue weighted by atomic mass is 35.5. The molecule has 0 aliphatic rings. The summed E-state index contributed by atoms with van der Waals surface area (Å²) in [5, 5.41) is 35.5. The Kier molecular flexibility index (Phi) is 11.0. The molecule has 15 heteroatoms. The lowest BCUT2D eigenvalue weighted by Crippen LogP contribution is -2.08. The number of carbonyl (C=O) groups is 2. The van der Waals surface area contributed by atoms with E-state index in [1.54, 1.807) is 43.6 Å². The first-order valence-corrected chi connectivity index (χ1v) is 15.9. The number of aromatic nitrogens is 6. The molecule has 0 aliphatic heterocycles. The summed E-state index contributed by atoms with van der Waals surface area (Å²) in [4.78, 5) is 29.9. The van der Waals surface area contributed by atoms with Crippen molar-refractivity contribution in [2.45, 2.75) is 59.5 Å². The highest BCUT2D eigenvalue weighted by Crippen LogP contribution is 2.30. The summed E-state index contributed by atoms with van der Waals surface area (Å²) in [6, 6.07) is 10.6. The van der Waals surface area contributed by atoms with Crippen LogP contribution in [0, 0.1) is 11.6 Å². The number of halogens is 3. The minimum atomic E-state index is -2.88. The number of benzene rings is 2. The van der Waals surface area contributed by atoms with Crippen molar-refractivity contribution in [2.75, 3.05) is 0 Å². The first kappa shape index (κ1) is 30.3. The van der Waals surface area contributed by atoms with Gasteiger partial charge in [-0.15, -0.1) is 11.6 Å². The summed E-state index contributed by atoms with van der Waals surface area (Å²) in [5.41, 5.74) is 2.34. The lowest BCUT2D eigenvalue weighted by atomic mass is 10.1. The summed E-state index contributed by atoms with van der Waals surface area (Å²) in [6.07, 6.45) is 6.48. The van der Waals surface area contributed by atoms with Crippen molar-refractivity contribution in [1.29, 1.82) is 0 Å². The topological polar surface area (TPSA) is 165 Å². The van der Waals surface area contributed by atoms with E-state index in [-0.39, 0.29) is 48.6 Å². The summed E-state index contributed by atoms with van der Waals surface area (Å²) < 4.78 is 102. The monoisotopic (exact) mass is 771 g/mol. The van der Waals surface area contributed by atoms with Gasteiger partial charge < -0.3 is 20.1 Å². The van der Waals surface area contributed by atoms with Crippen molar-refractivity contribution >= 4 is 24.2 Å². The van der Waals surface area contributed by atoms with Crippen LogP contribution in [0.3, 0.4) is 0 Å². The maximum atomic E-state index is 13.7. The van der Waals surface area contributed by atoms with Crippen LogP contribution in [-0.4, -0.2) is 57.4 Å². The highest BCUT2D eigenvalue weighted by molar-refractivity contribution is 6.17. The number of phenolic OH excluding ortho intramolecular Hbond substituents is 3. The summed E-state index contributed by atoms with van der Waals surface area (Å²) >= 11 is 5.89. The second-order valence-electron chi connectivity index (χ2n) is 10.8. The smallest absolute Gasteiger partial charge is 0.157 e. The number of ether oxygens (including phenoxy) is 1. The fourth-order valence-corrected chi connectivity index (χ4v) is 4.98. The number of pyridine rings is 2. The Balaban J connectivity index is 0.000000286. The van der Waals surface area contributed by atoms with Crippen molar-refractivity contribution in [3.05, 3.63) is 119 Å². The third kappa shape index (κ3) is 10.3. The van der Waals surface area contributed by atoms with Gasteiger partial charge in [0.05, 0.1) is 33.9 Å². The molecule has 4 heterocycles. The van der Waals surface area contributed by atoms with Gasteiger partial charge in [-0.25, -0.2) is 8.78 Å². The average Bonchev–Trinajstić information content (AvgIpc) is 3.86. The van der Waals surface area contributed by atoms with Gasteiger partial charge in [0.2, 0.25) is 0 Å². The predicted octanol–water partition coefficient (Wildman–Crippen LogP) is 8.71. The van der Waals surface area contributed by atoms with Gasteiger partial charge in [0.25, 0.3) is 0 Å². The Morgan fingerprint density at radius 1 is 0.759 bits per heavy atom. The molecule has 6 aromatic rings. The molecule has 0 bridgehead atoms. The highest BCUT2D eigenvalue weighted by Gasteiger charge is 2.17. The van der Waals surface area contributed by atoms with Gasteiger partial charge in [0.1, 0.15) is 41.2 Å². The van der Waals surface area contributed by atoms with Crippen LogP contribution in [-0.2, 0) is 12.5 Å². The van der Waals surface area contributed by atoms with Gasteiger partial charge in [-0.3, -0.25) is 28.9 Å². The van der Waals surface area contributed by atoms with E-state index in [1.165, 1.54) is 23.1 Å². The number of hydrogen-bond donors (Lipinski definition) is 3. The SMILES string of the molecule is C.O=Cc1c(O)cc(F)cc1O.[2H]C([2H])([2H])C(C)n1nccc1-c1ncccc1CCl.[2H]C([2H])([2H])C(n1nccc1-c1ncccc1COc1cc(F)cc(O)c1C=O)C([2H])([2H])[2H]. The number of carbonyl (C=O) groups excluding carboxylic acids is 2. The lowest BCUT2D eigenvalue weighted by Gasteiger charge is -2.15. The first-order valence-electron chi connectivity index (χ1n) is 19.8. The maximum Gasteiger partial charge on any atom is 0.157 e. The fraction of sp³-hybridized carbons (Fsp3) is 0.231. The lowest BCUT2D eigenvalue weighted by molar-refractivity contribution is 0.110. The third-order valence-corrected chi connectivity index (χ3v) is 7.46. The zero-order valence-corrected chi connectivity index (χ0v) is 28.4. The van der Waals surface area contributed by atoms with Crippen LogP contribution in [0.1, 0.15) is 91.2 Å². The molecule has 0 saturated heterocycles. The number of aldehydes is 2. The minimum absolute atomic E-state index is 0. The maximum absolute atomic E-state index is 13.7. The minimum Gasteiger partial charge on any atom is -0.507 e. The van der Waals surface area contributed by atoms with E-state index in [1.807, 2.05) is 6.07 Å². The second kappa shape index (κ2) is 19.6. The Bertz CT molecular complexity index is 2460. The van der Waals surface area contributed by atoms with Crippen LogP contribution in [0.25, 0.3) is 22.8 Å². The van der Waals surface area contributed by atoms with Crippen molar-refractivity contribution in [1.82, 2.24) is 29.5 Å². The molecule has 12 nitrogen and oxygen atoms in total. The number of nitrogens with zero attached hydrogens (tertiary/aromatic N) is 6. The molecular weight excluding hydrogens is 722 g/mol. The van der Waals surface area contributed by atoms with Gasteiger partial charge in [0.15, 0.2) is 12.6 Å². The molecule has 2 aromatic carbocycles. The molecule has 0 radical (unpaired) electrons. The number of alkyl halides is 1. The van der Waals surface area contributed by atoms with Crippen molar-refractivity contribution in [3.63, 3.8) is 0 Å². The quantitative estimate of drug-likeness (QED) is 0.0906. The average molecular weight is 772 g/mol. The zero-order valence-electron chi connectivity index (χ0n) is 36.7. The van der Waals surface area contributed by atoms with E-state index in [4.69, 9.17) is 38.9 Å². The predicted molar refractivity (Wildman–Crippen MR) is 201 cm³/mol. The molecule has 0 saturated carbocycles. The number of hydrogen-bond acceptors (Lipinski definition) is 10. The molecular formula is C39H41ClF2N6O6. The van der Waals surface area contributed by atoms with Gasteiger partial charge >= 0.3 is 0 Å². The fourth-order valence-electron chi connectivity index (χ4n) is 4.76. The van der Waals surface area contributed by atoms with E-state index in [9.17, 15) is 23.5 Å². The molecule has 0 amide bonds. The molecule has 284 valence electrons. The van der Waals surface area contributed by atoms with Crippen LogP contribution in [0.15, 0.2) is 85.5 Å². The van der Waals surface area contributed by atoms with E-state index in [0.717, 1.165) is 34.5 Å². The number of phenols is 3. The summed E-state index contributed by atoms with van der Waals surface area (Å²) in [6.45, 7) is -6.50. The Morgan fingerprint density at radius 2 is 1.24 bits per heavy atom. The molecule has 0 fully saturated rings. The van der Waals surface area contributed by atoms with E-state index >= 15 is 0 Å². The van der Waals surface area contributed by atoms with E-state index in [2.05, 4.69) is 20.2 Å². The van der Waals surface area contributed by atoms with Crippen LogP contribution < -0.4 is 4.74 Å². The van der Waals surface area contributed by atoms with Crippen molar-refractivity contribution < 1.29 is 50.8 Å². The molecule has 1 unspecified atom stereocenters. The van der Waals surface area contributed by atoms with Crippen LogP contribution in [0.5, 0.6) is 23.0 Å². The largest absolute Gasteiger partial charge is 0.507 e. The molecule has 1 atom stereocenters. The zero-order chi connectivity index (χ0) is 46.2. The second-order valence-corrected chi connectivity index (χ2v) is 11.0. The summed E-state index contributed by atoms with van der Waals surface area (Å²) in [5.74, 6) is -3.19. The van der Waals surface area contributed by atoms with Gasteiger partial charge in [0, 0.05) is 84.9 Å². The normalized spacial score (nSPS) is 14.1. The Hall–Kier alpha value is -6.15. The van der Waals surface area contributed by atoms with E-state index < -0.39 is 61.5 Å². The van der Waals surface area contributed by atoms with E-state index in [0.29, 0.717) is 29.1 Å². The molecule has 6 rings (SSSR count). The van der Waals surface area contributed by atoms with Gasteiger partial charge in [-0.2, -0.15) is 10.2 Å². The van der Waals surface area contributed by atoms with Crippen LogP contribution in [0.4, 0.5) is 8.78 Å². The van der Waals surface area contributed by atoms with Crippen LogP contribution in [0.2, 0.25) is 0 Å². The molecule has 3 N–H and O–H groups in total. The number of rotatable bonds is 10. The van der Waals surface area contributed by atoms with Crippen molar-refractivity contribution in [3.8, 4) is 45.8 Å². The third-order valence-electron chi connectivity index (χ3n) is 7.17. The molecule has 0 spiro atoms. The Labute approximate surface area is 329 Å². The molecule has 54 heavy (non-hydrogen) atoms.